The molecule has 3 aromatic rings. The lowest BCUT2D eigenvalue weighted by Crippen LogP contribution is -2.32. The van der Waals surface area contributed by atoms with Crippen LogP contribution in [0.4, 0.5) is 11.5 Å². The zero-order valence-corrected chi connectivity index (χ0v) is 17.0. The maximum atomic E-state index is 13.0. The van der Waals surface area contributed by atoms with Gasteiger partial charge in [0.1, 0.15) is 5.82 Å². The molecule has 140 valence electrons. The summed E-state index contributed by atoms with van der Waals surface area (Å²) in [5.74, 6) is 0.940. The van der Waals surface area contributed by atoms with E-state index in [-0.39, 0.29) is 5.91 Å². The third-order valence-electron chi connectivity index (χ3n) is 5.67. The second-order valence-electron chi connectivity index (χ2n) is 7.29. The Morgan fingerprint density at radius 1 is 0.929 bits per heavy atom. The van der Waals surface area contributed by atoms with E-state index in [1.54, 1.807) is 6.20 Å². The number of carbonyl (C=O) groups excluding carboxylic acids is 1. The molecule has 0 bridgehead atoms. The van der Waals surface area contributed by atoms with Gasteiger partial charge >= 0.3 is 0 Å². The predicted molar refractivity (Wildman–Crippen MR) is 115 cm³/mol. The van der Waals surface area contributed by atoms with Gasteiger partial charge in [-0.2, -0.15) is 0 Å². The van der Waals surface area contributed by atoms with Crippen molar-refractivity contribution in [2.24, 2.45) is 0 Å². The van der Waals surface area contributed by atoms with Crippen LogP contribution in [-0.2, 0) is 19.4 Å². The number of aromatic nitrogens is 1. The second kappa shape index (κ2) is 7.06. The molecular formula is C23H20BrN3O. The van der Waals surface area contributed by atoms with Crippen LogP contribution in [0.1, 0.15) is 27.0 Å². The minimum atomic E-state index is 0.0238. The Kier molecular flexibility index (Phi) is 4.40. The maximum Gasteiger partial charge on any atom is 0.259 e. The zero-order valence-electron chi connectivity index (χ0n) is 15.4. The van der Waals surface area contributed by atoms with E-state index in [4.69, 9.17) is 0 Å². The molecule has 2 aliphatic heterocycles. The van der Waals surface area contributed by atoms with Crippen molar-refractivity contribution in [3.8, 4) is 0 Å². The Labute approximate surface area is 172 Å². The molecule has 5 rings (SSSR count). The number of carbonyl (C=O) groups is 1. The molecular weight excluding hydrogens is 414 g/mol. The van der Waals surface area contributed by atoms with E-state index in [0.717, 1.165) is 48.5 Å². The highest BCUT2D eigenvalue weighted by Crippen LogP contribution is 2.30. The third-order valence-corrected chi connectivity index (χ3v) is 6.41. The second-order valence-corrected chi connectivity index (χ2v) is 8.14. The first-order valence-electron chi connectivity index (χ1n) is 9.58. The summed E-state index contributed by atoms with van der Waals surface area (Å²) in [5.41, 5.74) is 5.61. The van der Waals surface area contributed by atoms with Crippen molar-refractivity contribution < 1.29 is 4.79 Å². The topological polar surface area (TPSA) is 36.4 Å². The lowest BCUT2D eigenvalue weighted by Gasteiger charge is -2.30. The van der Waals surface area contributed by atoms with Crippen LogP contribution in [0.2, 0.25) is 0 Å². The number of hydrogen-bond acceptors (Lipinski definition) is 3. The molecule has 0 spiro atoms. The minimum Gasteiger partial charge on any atom is -0.352 e. The summed E-state index contributed by atoms with van der Waals surface area (Å²) in [6.45, 7) is 2.50. The van der Waals surface area contributed by atoms with Crippen molar-refractivity contribution >= 4 is 33.3 Å². The Hall–Kier alpha value is -2.66. The van der Waals surface area contributed by atoms with Crippen molar-refractivity contribution in [3.05, 3.63) is 87.5 Å². The highest BCUT2D eigenvalue weighted by atomic mass is 79.9. The highest BCUT2D eigenvalue weighted by molar-refractivity contribution is 9.10. The average Bonchev–Trinajstić information content (AvgIpc) is 3.18. The molecule has 4 nitrogen and oxygen atoms in total. The van der Waals surface area contributed by atoms with Crippen molar-refractivity contribution in [2.75, 3.05) is 22.9 Å². The van der Waals surface area contributed by atoms with E-state index < -0.39 is 0 Å². The quantitative estimate of drug-likeness (QED) is 0.591. The van der Waals surface area contributed by atoms with Crippen LogP contribution in [-0.4, -0.2) is 24.0 Å². The lowest BCUT2D eigenvalue weighted by atomic mass is 10.00. The summed E-state index contributed by atoms with van der Waals surface area (Å²) in [6, 6.07) is 18.4. The van der Waals surface area contributed by atoms with Crippen LogP contribution in [0.25, 0.3) is 0 Å². The summed E-state index contributed by atoms with van der Waals surface area (Å²) in [6.07, 6.45) is 3.63. The fourth-order valence-electron chi connectivity index (χ4n) is 4.14. The van der Waals surface area contributed by atoms with Gasteiger partial charge in [-0.15, -0.1) is 0 Å². The summed E-state index contributed by atoms with van der Waals surface area (Å²) in [4.78, 5) is 21.7. The normalized spacial score (nSPS) is 15.3. The van der Waals surface area contributed by atoms with Gasteiger partial charge in [0.05, 0.1) is 5.56 Å². The third kappa shape index (κ3) is 3.00. The Morgan fingerprint density at radius 3 is 2.61 bits per heavy atom. The molecule has 0 saturated heterocycles. The largest absolute Gasteiger partial charge is 0.352 e. The lowest BCUT2D eigenvalue weighted by molar-refractivity contribution is 0.0989. The van der Waals surface area contributed by atoms with Crippen LogP contribution >= 0.6 is 15.9 Å². The summed E-state index contributed by atoms with van der Waals surface area (Å²) in [7, 11) is 0. The predicted octanol–water partition coefficient (Wildman–Crippen LogP) is 4.61. The number of amides is 1. The first-order valence-corrected chi connectivity index (χ1v) is 10.4. The van der Waals surface area contributed by atoms with Gasteiger partial charge in [-0.05, 0) is 53.8 Å². The van der Waals surface area contributed by atoms with Crippen LogP contribution in [0.5, 0.6) is 0 Å². The molecule has 0 unspecified atom stereocenters. The molecule has 2 aliphatic rings. The van der Waals surface area contributed by atoms with Gasteiger partial charge in [0.15, 0.2) is 0 Å². The van der Waals surface area contributed by atoms with Gasteiger partial charge in [-0.3, -0.25) is 4.79 Å². The number of para-hydroxylation sites is 1. The highest BCUT2D eigenvalue weighted by Gasteiger charge is 2.26. The minimum absolute atomic E-state index is 0.0238. The fourth-order valence-corrected chi connectivity index (χ4v) is 4.67. The molecule has 0 N–H and O–H groups in total. The van der Waals surface area contributed by atoms with Gasteiger partial charge in [0, 0.05) is 36.0 Å². The molecule has 2 aromatic carbocycles. The van der Waals surface area contributed by atoms with Crippen molar-refractivity contribution in [1.29, 1.82) is 0 Å². The molecule has 5 heteroatoms. The summed E-state index contributed by atoms with van der Waals surface area (Å²) in [5, 5.41) is 0. The van der Waals surface area contributed by atoms with Crippen molar-refractivity contribution in [3.63, 3.8) is 0 Å². The number of rotatable bonds is 2. The number of nitrogens with zero attached hydrogens (tertiary/aromatic N) is 3. The van der Waals surface area contributed by atoms with E-state index in [2.05, 4.69) is 50.1 Å². The molecule has 1 amide bonds. The first-order chi connectivity index (χ1) is 13.7. The molecule has 0 aliphatic carbocycles. The average molecular weight is 434 g/mol. The van der Waals surface area contributed by atoms with E-state index in [1.165, 1.54) is 16.7 Å². The number of hydrogen-bond donors (Lipinski definition) is 0. The number of fused-ring (bicyclic) bond motifs is 2. The molecule has 28 heavy (non-hydrogen) atoms. The molecule has 0 radical (unpaired) electrons. The van der Waals surface area contributed by atoms with Gasteiger partial charge in [-0.1, -0.05) is 46.3 Å². The maximum absolute atomic E-state index is 13.0. The molecule has 0 atom stereocenters. The van der Waals surface area contributed by atoms with E-state index >= 15 is 0 Å². The monoisotopic (exact) mass is 433 g/mol. The number of pyridine rings is 1. The Balaban J connectivity index is 1.36. The Bertz CT molecular complexity index is 1050. The van der Waals surface area contributed by atoms with E-state index in [0.29, 0.717) is 5.56 Å². The van der Waals surface area contributed by atoms with Gasteiger partial charge in [0.25, 0.3) is 5.91 Å². The summed E-state index contributed by atoms with van der Waals surface area (Å²) < 4.78 is 1.15. The van der Waals surface area contributed by atoms with Crippen molar-refractivity contribution in [1.82, 2.24) is 4.98 Å². The van der Waals surface area contributed by atoms with E-state index in [9.17, 15) is 4.79 Å². The number of halogens is 1. The Morgan fingerprint density at radius 2 is 1.75 bits per heavy atom. The van der Waals surface area contributed by atoms with Crippen LogP contribution < -0.4 is 9.80 Å². The van der Waals surface area contributed by atoms with Gasteiger partial charge in [0.2, 0.25) is 0 Å². The SMILES string of the molecule is O=C(c1ccc(N2CCc3cccc(Br)c3C2)nc1)N1CCc2ccccc21. The van der Waals surface area contributed by atoms with Crippen LogP contribution in [0.15, 0.2) is 65.3 Å². The van der Waals surface area contributed by atoms with Crippen LogP contribution in [0, 0.1) is 0 Å². The number of anilines is 2. The van der Waals surface area contributed by atoms with Gasteiger partial charge in [-0.25, -0.2) is 4.98 Å². The number of benzene rings is 2. The zero-order chi connectivity index (χ0) is 19.1. The van der Waals surface area contributed by atoms with Gasteiger partial charge < -0.3 is 9.80 Å². The van der Waals surface area contributed by atoms with Crippen LogP contribution in [0.3, 0.4) is 0 Å². The standard InChI is InChI=1S/C23H20BrN3O/c24-20-6-3-5-16-10-12-26(15-19(16)20)22-9-8-18(14-25-22)23(28)27-13-11-17-4-1-2-7-21(17)27/h1-9,14H,10-13,15H2. The molecule has 1 aromatic heterocycles. The van der Waals surface area contributed by atoms with E-state index in [1.807, 2.05) is 35.2 Å². The fraction of sp³-hybridized carbons (Fsp3) is 0.217. The molecule has 3 heterocycles. The molecule has 0 saturated carbocycles. The smallest absolute Gasteiger partial charge is 0.259 e. The first kappa shape index (κ1) is 17.4. The van der Waals surface area contributed by atoms with Crippen molar-refractivity contribution in [2.45, 2.75) is 19.4 Å². The summed E-state index contributed by atoms with van der Waals surface area (Å²) >= 11 is 3.67. The molecule has 0 fully saturated rings.